The maximum Gasteiger partial charge on any atom is 0.412 e. The van der Waals surface area contributed by atoms with Crippen LogP contribution in [0.2, 0.25) is 0 Å². The first kappa shape index (κ1) is 19.6. The second kappa shape index (κ2) is 8.97. The van der Waals surface area contributed by atoms with Crippen molar-refractivity contribution in [1.82, 2.24) is 0 Å². The number of halogens is 3. The molecule has 0 aliphatic carbocycles. The maximum atomic E-state index is 12.9. The molecule has 0 saturated carbocycles. The summed E-state index contributed by atoms with van der Waals surface area (Å²) in [6, 6.07) is 21.6. The van der Waals surface area contributed by atoms with Gasteiger partial charge in [0, 0.05) is 22.8 Å². The van der Waals surface area contributed by atoms with E-state index in [1.165, 1.54) is 18.2 Å². The van der Waals surface area contributed by atoms with Crippen LogP contribution in [0.4, 0.5) is 13.2 Å². The van der Waals surface area contributed by atoms with E-state index in [1.54, 1.807) is 24.3 Å². The molecule has 0 bridgehead atoms. The van der Waals surface area contributed by atoms with Crippen LogP contribution >= 0.6 is 0 Å². The molecule has 0 saturated heterocycles. The van der Waals surface area contributed by atoms with Crippen molar-refractivity contribution in [3.8, 4) is 17.6 Å². The molecule has 0 unspecified atom stereocenters. The zero-order chi connectivity index (χ0) is 16.7. The van der Waals surface area contributed by atoms with Crippen LogP contribution in [0.5, 0.6) is 11.5 Å². The minimum absolute atomic E-state index is 0. The Balaban J connectivity index is 0.000000412. The monoisotopic (exact) mass is 371 g/mol. The van der Waals surface area contributed by atoms with Crippen LogP contribution in [0.1, 0.15) is 11.1 Å². The van der Waals surface area contributed by atoms with Gasteiger partial charge in [0.25, 0.3) is 0 Å². The van der Waals surface area contributed by atoms with Gasteiger partial charge in [0.15, 0.2) is 0 Å². The topological polar surface area (TPSA) is 33.0 Å². The standard InChI is InChI=1S/C13H7F3NO.C5H5.Fe/c14-13(15,16)12-9(8-17)4-3-7-11(12)18-10-5-1-2-6-10;1-2-4-5-3-1;/h1-7H;1-5H;/q-1;-5;. The van der Waals surface area contributed by atoms with Gasteiger partial charge in [0.2, 0.25) is 0 Å². The molecule has 0 aliphatic rings. The molecule has 0 N–H and O–H groups in total. The van der Waals surface area contributed by atoms with Crippen molar-refractivity contribution in [2.24, 2.45) is 0 Å². The number of alkyl halides is 3. The molecule has 0 amide bonds. The van der Waals surface area contributed by atoms with Crippen molar-refractivity contribution in [2.75, 3.05) is 0 Å². The summed E-state index contributed by atoms with van der Waals surface area (Å²) in [5.74, 6) is -0.0664. The Labute approximate surface area is 148 Å². The molecule has 130 valence electrons. The Kier molecular flexibility index (Phi) is 7.31. The van der Waals surface area contributed by atoms with Gasteiger partial charge in [-0.25, -0.2) is 0 Å². The zero-order valence-electron chi connectivity index (χ0n) is 12.3. The minimum atomic E-state index is -4.63. The SMILES string of the molecule is N#Cc1cccc(O[c-]2cccc2)c1C(F)(F)F.[Fe].[cH-]1[cH-][cH-][cH-][cH-]1. The molecule has 0 radical (unpaired) electrons. The Morgan fingerprint density at radius 1 is 0.958 bits per heavy atom. The summed E-state index contributed by atoms with van der Waals surface area (Å²) >= 11 is 0. The first-order valence-electron chi connectivity index (χ1n) is 6.69. The van der Waals surface area contributed by atoms with Crippen molar-refractivity contribution in [2.45, 2.75) is 6.18 Å². The minimum Gasteiger partial charge on any atom is -0.748 e. The molecule has 0 aliphatic heterocycles. The van der Waals surface area contributed by atoms with Crippen LogP contribution in [0, 0.1) is 11.3 Å². The van der Waals surface area contributed by atoms with E-state index >= 15 is 0 Å². The summed E-state index contributed by atoms with van der Waals surface area (Å²) in [6.07, 6.45) is -4.63. The second-order valence-electron chi connectivity index (χ2n) is 4.47. The van der Waals surface area contributed by atoms with Crippen LogP contribution in [0.15, 0.2) is 72.8 Å². The van der Waals surface area contributed by atoms with E-state index in [1.807, 2.05) is 30.3 Å². The van der Waals surface area contributed by atoms with Gasteiger partial charge in [0.05, 0.1) is 22.9 Å². The van der Waals surface area contributed by atoms with Crippen molar-refractivity contribution < 1.29 is 35.0 Å². The maximum absolute atomic E-state index is 12.9. The van der Waals surface area contributed by atoms with Crippen molar-refractivity contribution in [3.05, 3.63) is 83.9 Å². The molecular weight excluding hydrogens is 359 g/mol. The quantitative estimate of drug-likeness (QED) is 0.441. The summed E-state index contributed by atoms with van der Waals surface area (Å²) in [7, 11) is 0. The molecule has 3 aromatic rings. The summed E-state index contributed by atoms with van der Waals surface area (Å²) in [6.45, 7) is 0. The van der Waals surface area contributed by atoms with E-state index in [2.05, 4.69) is 0 Å². The van der Waals surface area contributed by atoms with E-state index in [4.69, 9.17) is 10.00 Å². The van der Waals surface area contributed by atoms with Gasteiger partial charge in [-0.3, -0.25) is 0 Å². The molecule has 3 aromatic carbocycles. The van der Waals surface area contributed by atoms with Crippen LogP contribution in [-0.4, -0.2) is 0 Å². The number of hydrogen-bond acceptors (Lipinski definition) is 2. The molecule has 6 heteroatoms. The number of ether oxygens (including phenoxy) is 1. The van der Waals surface area contributed by atoms with Gasteiger partial charge in [-0.05, 0) is 6.07 Å². The smallest absolute Gasteiger partial charge is 0.412 e. The van der Waals surface area contributed by atoms with Gasteiger partial charge < -0.3 is 35.1 Å². The molecule has 0 aromatic heterocycles. The molecule has 3 rings (SSSR count). The summed E-state index contributed by atoms with van der Waals surface area (Å²) < 4.78 is 43.8. The molecule has 24 heavy (non-hydrogen) atoms. The van der Waals surface area contributed by atoms with Crippen LogP contribution in [0.3, 0.4) is 0 Å². The average molecular weight is 371 g/mol. The summed E-state index contributed by atoms with van der Waals surface area (Å²) in [5.41, 5.74) is -1.50. The average Bonchev–Trinajstić information content (AvgIpc) is 3.21. The van der Waals surface area contributed by atoms with E-state index in [9.17, 15) is 13.2 Å². The van der Waals surface area contributed by atoms with Crippen LogP contribution < -0.4 is 4.74 Å². The van der Waals surface area contributed by atoms with E-state index in [0.717, 1.165) is 6.07 Å². The van der Waals surface area contributed by atoms with Gasteiger partial charge in [-0.2, -0.15) is 30.6 Å². The third-order valence-corrected chi connectivity index (χ3v) is 2.85. The fourth-order valence-electron chi connectivity index (χ4n) is 1.87. The van der Waals surface area contributed by atoms with Gasteiger partial charge in [-0.15, -0.1) is 12.1 Å². The molecule has 0 atom stereocenters. The van der Waals surface area contributed by atoms with E-state index in [0.29, 0.717) is 5.75 Å². The molecule has 0 spiro atoms. The van der Waals surface area contributed by atoms with Crippen molar-refractivity contribution in [1.29, 1.82) is 5.26 Å². The zero-order valence-corrected chi connectivity index (χ0v) is 13.4. The van der Waals surface area contributed by atoms with Crippen LogP contribution in [0.25, 0.3) is 0 Å². The summed E-state index contributed by atoms with van der Waals surface area (Å²) in [5, 5.41) is 8.73. The largest absolute Gasteiger partial charge is 0.748 e. The fourth-order valence-corrected chi connectivity index (χ4v) is 1.87. The third kappa shape index (κ3) is 5.31. The Bertz CT molecular complexity index is 739. The predicted octanol–water partition coefficient (Wildman–Crippen LogP) is 5.49. The van der Waals surface area contributed by atoms with Crippen molar-refractivity contribution in [3.63, 3.8) is 0 Å². The number of benzene rings is 1. The summed E-state index contributed by atoms with van der Waals surface area (Å²) in [4.78, 5) is 0. The van der Waals surface area contributed by atoms with Gasteiger partial charge >= 0.3 is 6.18 Å². The number of rotatable bonds is 2. The first-order valence-corrected chi connectivity index (χ1v) is 6.69. The van der Waals surface area contributed by atoms with E-state index < -0.39 is 17.3 Å². The molecular formula is C18H12F3FeNO-6. The molecule has 2 nitrogen and oxygen atoms in total. The van der Waals surface area contributed by atoms with E-state index in [-0.39, 0.29) is 22.8 Å². The van der Waals surface area contributed by atoms with Gasteiger partial charge in [0.1, 0.15) is 0 Å². The van der Waals surface area contributed by atoms with Crippen molar-refractivity contribution >= 4 is 0 Å². The fraction of sp³-hybridized carbons (Fsp3) is 0.0556. The Morgan fingerprint density at radius 3 is 1.96 bits per heavy atom. The molecule has 0 fully saturated rings. The Hall–Kier alpha value is -2.48. The number of hydrogen-bond donors (Lipinski definition) is 0. The number of nitrogens with zero attached hydrogens (tertiary/aromatic N) is 1. The number of nitriles is 1. The predicted molar refractivity (Wildman–Crippen MR) is 80.3 cm³/mol. The first-order chi connectivity index (χ1) is 11.0. The molecule has 0 heterocycles. The third-order valence-electron chi connectivity index (χ3n) is 2.85. The second-order valence-corrected chi connectivity index (χ2v) is 4.47. The van der Waals surface area contributed by atoms with Gasteiger partial charge in [-0.1, -0.05) is 12.1 Å². The van der Waals surface area contributed by atoms with Crippen LogP contribution in [-0.2, 0) is 23.2 Å². The normalized spacial score (nSPS) is 9.92. The Morgan fingerprint density at radius 2 is 1.50 bits per heavy atom.